The van der Waals surface area contributed by atoms with E-state index < -0.39 is 0 Å². The van der Waals surface area contributed by atoms with E-state index >= 15 is 0 Å². The van der Waals surface area contributed by atoms with Crippen LogP contribution in [-0.2, 0) is 11.2 Å². The van der Waals surface area contributed by atoms with Crippen molar-refractivity contribution in [1.82, 2.24) is 10.3 Å². The first-order chi connectivity index (χ1) is 15.1. The number of piperidine rings is 1. The van der Waals surface area contributed by atoms with Gasteiger partial charge in [0, 0.05) is 19.6 Å². The van der Waals surface area contributed by atoms with Crippen LogP contribution in [0.25, 0.3) is 10.2 Å². The molecule has 0 saturated carbocycles. The number of ether oxygens (including phenoxy) is 2. The normalized spacial score (nSPS) is 16.3. The first-order valence-corrected chi connectivity index (χ1v) is 11.9. The molecule has 2 aromatic heterocycles. The van der Waals surface area contributed by atoms with Crippen molar-refractivity contribution in [2.45, 2.75) is 19.3 Å². The summed E-state index contributed by atoms with van der Waals surface area (Å²) < 4.78 is 11.3. The number of amides is 1. The first kappa shape index (κ1) is 21.6. The van der Waals surface area contributed by atoms with Crippen LogP contribution < -0.4 is 24.4 Å². The molecule has 0 spiro atoms. The Morgan fingerprint density at radius 1 is 1.26 bits per heavy atom. The number of thiophene rings is 1. The fraction of sp³-hybridized carbons (Fsp3) is 0.409. The van der Waals surface area contributed by atoms with Gasteiger partial charge >= 0.3 is 0 Å². The second kappa shape index (κ2) is 9.65. The lowest BCUT2D eigenvalue weighted by atomic mass is 9.97. The summed E-state index contributed by atoms with van der Waals surface area (Å²) in [6.45, 7) is 1.95. The van der Waals surface area contributed by atoms with Gasteiger partial charge in [0.15, 0.2) is 16.6 Å². The molecule has 1 atom stereocenters. The van der Waals surface area contributed by atoms with Crippen LogP contribution in [0.15, 0.2) is 34.4 Å². The maximum atomic E-state index is 12.8. The zero-order chi connectivity index (χ0) is 21.8. The van der Waals surface area contributed by atoms with Gasteiger partial charge in [-0.25, -0.2) is 4.98 Å². The lowest BCUT2D eigenvalue weighted by molar-refractivity contribution is -0.125. The minimum Gasteiger partial charge on any atom is -0.493 e. The van der Waals surface area contributed by atoms with Crippen molar-refractivity contribution >= 4 is 43.9 Å². The zero-order valence-corrected chi connectivity index (χ0v) is 19.2. The molecule has 4 rings (SSSR count). The van der Waals surface area contributed by atoms with Gasteiger partial charge in [0.25, 0.3) is 4.74 Å². The average Bonchev–Trinajstić information content (AvgIpc) is 3.28. The molecule has 0 bridgehead atoms. The van der Waals surface area contributed by atoms with E-state index in [0.717, 1.165) is 30.5 Å². The number of nitrogens with zero attached hydrogens (tertiary/aromatic N) is 2. The van der Waals surface area contributed by atoms with Gasteiger partial charge in [0.1, 0.15) is 4.70 Å². The predicted molar refractivity (Wildman–Crippen MR) is 125 cm³/mol. The van der Waals surface area contributed by atoms with Crippen LogP contribution in [0.4, 0.5) is 5.13 Å². The number of fused-ring (bicyclic) bond motifs is 1. The molecule has 1 aliphatic rings. The maximum Gasteiger partial charge on any atom is 0.255 e. The molecule has 31 heavy (non-hydrogen) atoms. The molecule has 1 N–H and O–H groups in total. The lowest BCUT2D eigenvalue weighted by Crippen LogP contribution is -2.43. The van der Waals surface area contributed by atoms with Crippen LogP contribution >= 0.6 is 22.7 Å². The molecule has 3 aromatic rings. The fourth-order valence-electron chi connectivity index (χ4n) is 3.81. The Hall–Kier alpha value is -2.65. The third kappa shape index (κ3) is 4.83. The molecule has 1 unspecified atom stereocenters. The highest BCUT2D eigenvalue weighted by Crippen LogP contribution is 2.28. The van der Waals surface area contributed by atoms with Gasteiger partial charge in [0.05, 0.1) is 25.7 Å². The van der Waals surface area contributed by atoms with E-state index in [2.05, 4.69) is 15.2 Å². The summed E-state index contributed by atoms with van der Waals surface area (Å²) in [7, 11) is 3.22. The van der Waals surface area contributed by atoms with Crippen LogP contribution in [0.5, 0.6) is 11.5 Å². The van der Waals surface area contributed by atoms with Crippen LogP contribution in [0, 0.1) is 5.92 Å². The summed E-state index contributed by atoms with van der Waals surface area (Å²) >= 11 is 2.59. The summed E-state index contributed by atoms with van der Waals surface area (Å²) in [5.74, 6) is 1.31. The monoisotopic (exact) mass is 459 g/mol. The standard InChI is InChI=1S/C22H25N3O4S2/c1-28-17-6-5-14(12-18(17)29-2)7-9-23-20(26)15-4-3-10-25(13-15)22-24-16-8-11-30-19(16)21(27)31-22/h5-6,8,11-12,15H,3-4,7,9-10,13H2,1-2H3,(H,23,26). The van der Waals surface area contributed by atoms with Crippen LogP contribution in [0.1, 0.15) is 18.4 Å². The molecule has 1 amide bonds. The Labute approximate surface area is 188 Å². The van der Waals surface area contributed by atoms with Gasteiger partial charge in [-0.1, -0.05) is 17.4 Å². The molecular formula is C22H25N3O4S2. The molecular weight excluding hydrogens is 434 g/mol. The Kier molecular flexibility index (Phi) is 6.72. The topological polar surface area (TPSA) is 80.8 Å². The number of aromatic nitrogens is 1. The van der Waals surface area contributed by atoms with E-state index in [1.165, 1.54) is 22.7 Å². The Balaban J connectivity index is 1.35. The minimum absolute atomic E-state index is 0.0384. The van der Waals surface area contributed by atoms with E-state index in [-0.39, 0.29) is 16.6 Å². The Bertz CT molecular complexity index is 1130. The maximum absolute atomic E-state index is 12.8. The Morgan fingerprint density at radius 3 is 2.90 bits per heavy atom. The van der Waals surface area contributed by atoms with E-state index in [9.17, 15) is 9.59 Å². The summed E-state index contributed by atoms with van der Waals surface area (Å²) in [6, 6.07) is 7.66. The van der Waals surface area contributed by atoms with Gasteiger partial charge in [-0.2, -0.15) is 0 Å². The zero-order valence-electron chi connectivity index (χ0n) is 17.6. The second-order valence-electron chi connectivity index (χ2n) is 7.43. The van der Waals surface area contributed by atoms with Crippen LogP contribution in [-0.4, -0.2) is 44.7 Å². The molecule has 1 aromatic carbocycles. The summed E-state index contributed by atoms with van der Waals surface area (Å²) in [5, 5.41) is 5.66. The molecule has 9 heteroatoms. The van der Waals surface area contributed by atoms with Crippen molar-refractivity contribution in [3.05, 3.63) is 44.7 Å². The van der Waals surface area contributed by atoms with Crippen LogP contribution in [0.3, 0.4) is 0 Å². The quantitative estimate of drug-likeness (QED) is 0.584. The van der Waals surface area contributed by atoms with Crippen molar-refractivity contribution < 1.29 is 14.3 Å². The lowest BCUT2D eigenvalue weighted by Gasteiger charge is -2.32. The number of rotatable bonds is 7. The van der Waals surface area contributed by atoms with Crippen LogP contribution in [0.2, 0.25) is 0 Å². The third-order valence-corrected chi connectivity index (χ3v) is 7.41. The molecule has 0 aliphatic carbocycles. The predicted octanol–water partition coefficient (Wildman–Crippen LogP) is 3.31. The Morgan fingerprint density at radius 2 is 2.10 bits per heavy atom. The highest BCUT2D eigenvalue weighted by atomic mass is 32.1. The number of carbonyl (C=O) groups excluding carboxylic acids is 1. The van der Waals surface area contributed by atoms with Crippen molar-refractivity contribution in [2.24, 2.45) is 5.92 Å². The summed E-state index contributed by atoms with van der Waals surface area (Å²) in [6.07, 6.45) is 2.45. The highest BCUT2D eigenvalue weighted by molar-refractivity contribution is 7.21. The molecule has 1 aliphatic heterocycles. The van der Waals surface area contributed by atoms with Crippen molar-refractivity contribution in [3.8, 4) is 11.5 Å². The highest BCUT2D eigenvalue weighted by Gasteiger charge is 2.27. The van der Waals surface area contributed by atoms with Gasteiger partial charge < -0.3 is 19.7 Å². The first-order valence-electron chi connectivity index (χ1n) is 10.2. The molecule has 1 saturated heterocycles. The van der Waals surface area contributed by atoms with E-state index in [1.807, 2.05) is 29.6 Å². The van der Waals surface area contributed by atoms with Crippen molar-refractivity contribution in [2.75, 3.05) is 38.8 Å². The van der Waals surface area contributed by atoms with E-state index in [4.69, 9.17) is 9.47 Å². The number of methoxy groups -OCH3 is 2. The average molecular weight is 460 g/mol. The number of anilines is 1. The van der Waals surface area contributed by atoms with Crippen molar-refractivity contribution in [1.29, 1.82) is 0 Å². The minimum atomic E-state index is -0.110. The molecule has 0 radical (unpaired) electrons. The molecule has 164 valence electrons. The molecule has 7 nitrogen and oxygen atoms in total. The second-order valence-corrected chi connectivity index (χ2v) is 9.29. The third-order valence-electron chi connectivity index (χ3n) is 5.45. The number of hydrogen-bond acceptors (Lipinski definition) is 8. The molecule has 3 heterocycles. The number of benzene rings is 1. The fourth-order valence-corrected chi connectivity index (χ4v) is 5.54. The number of nitrogens with one attached hydrogen (secondary N) is 1. The van der Waals surface area contributed by atoms with Gasteiger partial charge in [0.2, 0.25) is 5.91 Å². The summed E-state index contributed by atoms with van der Waals surface area (Å²) in [4.78, 5) is 31.8. The van der Waals surface area contributed by atoms with E-state index in [1.54, 1.807) is 14.2 Å². The largest absolute Gasteiger partial charge is 0.493 e. The number of carbonyl (C=O) groups is 1. The van der Waals surface area contributed by atoms with E-state index in [0.29, 0.717) is 40.8 Å². The SMILES string of the molecule is COc1ccc(CCNC(=O)C2CCCN(c3nc4ccsc4c(=O)s3)C2)cc1OC. The molecule has 1 fully saturated rings. The van der Waals surface area contributed by atoms with Gasteiger partial charge in [-0.05, 0) is 48.4 Å². The van der Waals surface area contributed by atoms with Gasteiger partial charge in [-0.15, -0.1) is 11.3 Å². The van der Waals surface area contributed by atoms with Gasteiger partial charge in [-0.3, -0.25) is 9.59 Å². The van der Waals surface area contributed by atoms with Crippen molar-refractivity contribution in [3.63, 3.8) is 0 Å². The summed E-state index contributed by atoms with van der Waals surface area (Å²) in [5.41, 5.74) is 1.81. The smallest absolute Gasteiger partial charge is 0.255 e. The number of hydrogen-bond donors (Lipinski definition) is 1.